The molecule has 0 radical (unpaired) electrons. The van der Waals surface area contributed by atoms with Crippen molar-refractivity contribution in [2.24, 2.45) is 0 Å². The Balaban J connectivity index is 1.49. The van der Waals surface area contributed by atoms with Crippen molar-refractivity contribution < 1.29 is 17.9 Å². The number of anilines is 1. The molecule has 0 spiro atoms. The summed E-state index contributed by atoms with van der Waals surface area (Å²) >= 11 is 0. The van der Waals surface area contributed by atoms with Crippen LogP contribution in [0.15, 0.2) is 47.4 Å². The number of rotatable bonds is 6. The highest BCUT2D eigenvalue weighted by molar-refractivity contribution is 7.89. The fourth-order valence-corrected chi connectivity index (χ4v) is 6.03. The van der Waals surface area contributed by atoms with Crippen LogP contribution in [0.3, 0.4) is 0 Å². The predicted molar refractivity (Wildman–Crippen MR) is 137 cm³/mol. The third-order valence-electron chi connectivity index (χ3n) is 6.91. The standard InChI is InChI=1S/C26H32N4O4S/c1-19-5-6-20-16-24(27-23(20)15-19)22-17-21(7-8-25(22)29-9-3-4-10-29)35(32,33)28(2)18-26(31)30-11-13-34-14-12-30/h5-8,15-17,27H,3-4,9-14,18H2,1-2H3. The van der Waals surface area contributed by atoms with Gasteiger partial charge in [-0.2, -0.15) is 4.31 Å². The molecule has 1 aromatic heterocycles. The number of benzene rings is 2. The van der Waals surface area contributed by atoms with E-state index < -0.39 is 10.0 Å². The van der Waals surface area contributed by atoms with E-state index in [0.29, 0.717) is 26.3 Å². The summed E-state index contributed by atoms with van der Waals surface area (Å²) in [5, 5.41) is 1.08. The Morgan fingerprint density at radius 2 is 1.77 bits per heavy atom. The van der Waals surface area contributed by atoms with Crippen molar-refractivity contribution in [1.82, 2.24) is 14.2 Å². The first kappa shape index (κ1) is 23.8. The number of carbonyl (C=O) groups excluding carboxylic acids is 1. The quantitative estimate of drug-likeness (QED) is 0.566. The molecule has 0 saturated carbocycles. The van der Waals surface area contributed by atoms with Gasteiger partial charge in [-0.15, -0.1) is 0 Å². The third kappa shape index (κ3) is 4.80. The van der Waals surface area contributed by atoms with Crippen LogP contribution < -0.4 is 4.90 Å². The Morgan fingerprint density at radius 3 is 2.51 bits per heavy atom. The Hall–Kier alpha value is -2.88. The second-order valence-electron chi connectivity index (χ2n) is 9.40. The minimum Gasteiger partial charge on any atom is -0.378 e. The summed E-state index contributed by atoms with van der Waals surface area (Å²) in [6.07, 6.45) is 2.25. The molecule has 0 atom stereocenters. The number of morpholine rings is 1. The van der Waals surface area contributed by atoms with Crippen molar-refractivity contribution in [3.63, 3.8) is 0 Å². The van der Waals surface area contributed by atoms with Crippen molar-refractivity contribution in [3.05, 3.63) is 48.0 Å². The van der Waals surface area contributed by atoms with Crippen LogP contribution in [0.25, 0.3) is 22.2 Å². The van der Waals surface area contributed by atoms with E-state index in [1.54, 1.807) is 17.0 Å². The minimum absolute atomic E-state index is 0.183. The largest absolute Gasteiger partial charge is 0.378 e. The zero-order valence-corrected chi connectivity index (χ0v) is 21.1. The number of aromatic amines is 1. The number of nitrogens with one attached hydrogen (secondary N) is 1. The molecule has 3 heterocycles. The number of carbonyl (C=O) groups is 1. The summed E-state index contributed by atoms with van der Waals surface area (Å²) in [7, 11) is -2.39. The van der Waals surface area contributed by atoms with Crippen LogP contribution in [0.4, 0.5) is 5.69 Å². The number of fused-ring (bicyclic) bond motifs is 1. The van der Waals surface area contributed by atoms with E-state index >= 15 is 0 Å². The molecular weight excluding hydrogens is 464 g/mol. The van der Waals surface area contributed by atoms with Crippen LogP contribution in [0, 0.1) is 6.92 Å². The van der Waals surface area contributed by atoms with Gasteiger partial charge in [0.05, 0.1) is 24.7 Å². The van der Waals surface area contributed by atoms with Crippen LogP contribution in [0.2, 0.25) is 0 Å². The van der Waals surface area contributed by atoms with Crippen molar-refractivity contribution in [1.29, 1.82) is 0 Å². The fraction of sp³-hybridized carbons (Fsp3) is 0.423. The molecule has 5 rings (SSSR count). The molecule has 2 saturated heterocycles. The number of ether oxygens (including phenoxy) is 1. The second-order valence-corrected chi connectivity index (χ2v) is 11.4. The van der Waals surface area contributed by atoms with Gasteiger partial charge < -0.3 is 19.5 Å². The summed E-state index contributed by atoms with van der Waals surface area (Å²) < 4.78 is 33.4. The fourth-order valence-electron chi connectivity index (χ4n) is 4.88. The van der Waals surface area contributed by atoms with Gasteiger partial charge in [-0.1, -0.05) is 12.1 Å². The third-order valence-corrected chi connectivity index (χ3v) is 8.71. The first-order valence-corrected chi connectivity index (χ1v) is 13.6. The zero-order valence-electron chi connectivity index (χ0n) is 20.3. The highest BCUT2D eigenvalue weighted by Gasteiger charge is 2.28. The zero-order chi connectivity index (χ0) is 24.6. The summed E-state index contributed by atoms with van der Waals surface area (Å²) in [6.45, 7) is 5.69. The lowest BCUT2D eigenvalue weighted by atomic mass is 10.1. The van der Waals surface area contributed by atoms with Gasteiger partial charge in [-0.05, 0) is 55.7 Å². The SMILES string of the molecule is Cc1ccc2cc(-c3cc(S(=O)(=O)N(C)CC(=O)N4CCOCC4)ccc3N3CCCC3)[nH]c2c1. The minimum atomic E-state index is -3.86. The molecule has 0 aliphatic carbocycles. The summed E-state index contributed by atoms with van der Waals surface area (Å²) in [6, 6.07) is 13.6. The van der Waals surface area contributed by atoms with Gasteiger partial charge in [0.15, 0.2) is 0 Å². The highest BCUT2D eigenvalue weighted by atomic mass is 32.2. The van der Waals surface area contributed by atoms with Crippen molar-refractivity contribution in [2.75, 3.05) is 57.9 Å². The lowest BCUT2D eigenvalue weighted by Crippen LogP contribution is -2.46. The number of hydrogen-bond donors (Lipinski definition) is 1. The molecule has 1 N–H and O–H groups in total. The molecular formula is C26H32N4O4S. The first-order valence-electron chi connectivity index (χ1n) is 12.1. The van der Waals surface area contributed by atoms with Gasteiger partial charge in [-0.25, -0.2) is 8.42 Å². The molecule has 35 heavy (non-hydrogen) atoms. The molecule has 2 aliphatic rings. The molecule has 9 heteroatoms. The van der Waals surface area contributed by atoms with Crippen LogP contribution in [-0.4, -0.2) is 81.5 Å². The Kier molecular flexibility index (Phi) is 6.57. The van der Waals surface area contributed by atoms with Gasteiger partial charge in [-0.3, -0.25) is 4.79 Å². The molecule has 8 nitrogen and oxygen atoms in total. The normalized spacial score (nSPS) is 17.0. The number of aryl methyl sites for hydroxylation is 1. The summed E-state index contributed by atoms with van der Waals surface area (Å²) in [5.74, 6) is -0.209. The van der Waals surface area contributed by atoms with Crippen molar-refractivity contribution in [2.45, 2.75) is 24.7 Å². The molecule has 2 aromatic carbocycles. The smallest absolute Gasteiger partial charge is 0.243 e. The maximum Gasteiger partial charge on any atom is 0.243 e. The van der Waals surface area contributed by atoms with Gasteiger partial charge >= 0.3 is 0 Å². The monoisotopic (exact) mass is 496 g/mol. The number of amides is 1. The summed E-state index contributed by atoms with van der Waals surface area (Å²) in [4.78, 5) is 20.3. The molecule has 0 bridgehead atoms. The van der Waals surface area contributed by atoms with Crippen molar-refractivity contribution in [3.8, 4) is 11.3 Å². The molecule has 186 valence electrons. The van der Waals surface area contributed by atoms with E-state index in [9.17, 15) is 13.2 Å². The first-order chi connectivity index (χ1) is 16.8. The van der Waals surface area contributed by atoms with Crippen LogP contribution in [-0.2, 0) is 19.6 Å². The molecule has 1 amide bonds. The number of nitrogens with zero attached hydrogens (tertiary/aromatic N) is 3. The van der Waals surface area contributed by atoms with E-state index in [2.05, 4.69) is 41.1 Å². The molecule has 2 aliphatic heterocycles. The molecule has 3 aromatic rings. The van der Waals surface area contributed by atoms with Crippen LogP contribution in [0.1, 0.15) is 18.4 Å². The molecule has 0 unspecified atom stereocenters. The maximum atomic E-state index is 13.5. The highest BCUT2D eigenvalue weighted by Crippen LogP contribution is 2.36. The molecule has 2 fully saturated rings. The lowest BCUT2D eigenvalue weighted by molar-refractivity contribution is -0.135. The number of H-pyrrole nitrogens is 1. The van der Waals surface area contributed by atoms with E-state index in [4.69, 9.17) is 4.74 Å². The average Bonchev–Trinajstić information content (AvgIpc) is 3.54. The number of sulfonamides is 1. The number of aromatic nitrogens is 1. The second kappa shape index (κ2) is 9.64. The Labute approximate surface area is 206 Å². The van der Waals surface area contributed by atoms with Crippen molar-refractivity contribution >= 4 is 32.5 Å². The van der Waals surface area contributed by atoms with E-state index in [1.165, 1.54) is 7.05 Å². The van der Waals surface area contributed by atoms with Crippen LogP contribution in [0.5, 0.6) is 0 Å². The average molecular weight is 497 g/mol. The van der Waals surface area contributed by atoms with E-state index in [-0.39, 0.29) is 17.3 Å². The van der Waals surface area contributed by atoms with Gasteiger partial charge in [0.25, 0.3) is 0 Å². The summed E-state index contributed by atoms with van der Waals surface area (Å²) in [5.41, 5.74) is 4.95. The Bertz CT molecular complexity index is 1340. The van der Waals surface area contributed by atoms with E-state index in [0.717, 1.165) is 63.6 Å². The van der Waals surface area contributed by atoms with Gasteiger partial charge in [0, 0.05) is 61.1 Å². The number of likely N-dealkylation sites (N-methyl/N-ethyl adjacent to an activating group) is 1. The topological polar surface area (TPSA) is 85.9 Å². The predicted octanol–water partition coefficient (Wildman–Crippen LogP) is 3.22. The lowest BCUT2D eigenvalue weighted by Gasteiger charge is -2.28. The van der Waals surface area contributed by atoms with Gasteiger partial charge in [0.1, 0.15) is 0 Å². The van der Waals surface area contributed by atoms with Crippen LogP contribution >= 0.6 is 0 Å². The Morgan fingerprint density at radius 1 is 1.03 bits per heavy atom. The van der Waals surface area contributed by atoms with Gasteiger partial charge in [0.2, 0.25) is 15.9 Å². The maximum absolute atomic E-state index is 13.5. The number of hydrogen-bond acceptors (Lipinski definition) is 5. The van der Waals surface area contributed by atoms with E-state index in [1.807, 2.05) is 6.07 Å².